The van der Waals surface area contributed by atoms with Crippen molar-refractivity contribution in [2.24, 2.45) is 5.84 Å². The largest absolute Gasteiger partial charge is 0.331 e. The van der Waals surface area contributed by atoms with Crippen molar-refractivity contribution in [3.05, 3.63) is 28.7 Å². The van der Waals surface area contributed by atoms with Crippen molar-refractivity contribution in [1.82, 2.24) is 0 Å². The summed E-state index contributed by atoms with van der Waals surface area (Å²) in [5.41, 5.74) is 0.610. The highest BCUT2D eigenvalue weighted by atomic mass is 79.9. The van der Waals surface area contributed by atoms with Gasteiger partial charge >= 0.3 is 5.97 Å². The van der Waals surface area contributed by atoms with Crippen molar-refractivity contribution in [3.63, 3.8) is 0 Å². The van der Waals surface area contributed by atoms with Gasteiger partial charge in [-0.05, 0) is 24.3 Å². The third-order valence-corrected chi connectivity index (χ3v) is 1.84. The number of carbonyl (C=O) groups excluding carboxylic acids is 1. The molecule has 0 atom stereocenters. The topological polar surface area (TPSA) is 55.6 Å². The van der Waals surface area contributed by atoms with Gasteiger partial charge in [0.2, 0.25) is 0 Å². The van der Waals surface area contributed by atoms with E-state index in [2.05, 4.69) is 20.8 Å². The molecule has 0 bridgehead atoms. The molecule has 70 valence electrons. The van der Waals surface area contributed by atoms with E-state index in [0.717, 1.165) is 9.64 Å². The van der Waals surface area contributed by atoms with Crippen molar-refractivity contribution in [2.45, 2.75) is 6.92 Å². The van der Waals surface area contributed by atoms with Crippen LogP contribution in [0.5, 0.6) is 0 Å². The number of nitrogens with zero attached hydrogens (tertiary/aromatic N) is 1. The summed E-state index contributed by atoms with van der Waals surface area (Å²) in [7, 11) is 0. The minimum Gasteiger partial charge on any atom is -0.326 e. The van der Waals surface area contributed by atoms with Crippen molar-refractivity contribution < 1.29 is 9.63 Å². The number of rotatable bonds is 2. The van der Waals surface area contributed by atoms with Gasteiger partial charge in [-0.15, -0.1) is 5.17 Å². The van der Waals surface area contributed by atoms with Crippen molar-refractivity contribution in [1.29, 1.82) is 0 Å². The number of anilines is 1. The first-order valence-corrected chi connectivity index (χ1v) is 4.38. The summed E-state index contributed by atoms with van der Waals surface area (Å²) in [5, 5.41) is 0.925. The molecule has 1 aromatic carbocycles. The first kappa shape index (κ1) is 10.0. The molecular formula is C8H9BrN2O2. The molecule has 4 nitrogen and oxygen atoms in total. The van der Waals surface area contributed by atoms with E-state index in [1.165, 1.54) is 6.92 Å². The number of hydrogen-bond donors (Lipinski definition) is 1. The van der Waals surface area contributed by atoms with Crippen LogP contribution in [-0.2, 0) is 9.63 Å². The molecule has 13 heavy (non-hydrogen) atoms. The second kappa shape index (κ2) is 4.25. The van der Waals surface area contributed by atoms with Crippen LogP contribution in [0.25, 0.3) is 0 Å². The number of benzene rings is 1. The van der Waals surface area contributed by atoms with Crippen LogP contribution in [0.4, 0.5) is 5.69 Å². The van der Waals surface area contributed by atoms with E-state index in [-0.39, 0.29) is 0 Å². The minimum atomic E-state index is -0.453. The summed E-state index contributed by atoms with van der Waals surface area (Å²) in [5.74, 6) is 4.97. The van der Waals surface area contributed by atoms with Crippen LogP contribution in [0.15, 0.2) is 28.7 Å². The van der Waals surface area contributed by atoms with Crippen LogP contribution in [0, 0.1) is 0 Å². The smallest absolute Gasteiger partial charge is 0.326 e. The van der Waals surface area contributed by atoms with Crippen LogP contribution < -0.4 is 11.0 Å². The Balaban J connectivity index is 2.71. The van der Waals surface area contributed by atoms with Gasteiger partial charge in [-0.25, -0.2) is 10.6 Å². The number of halogens is 1. The second-order valence-corrected chi connectivity index (χ2v) is 3.30. The molecule has 0 unspecified atom stereocenters. The van der Waals surface area contributed by atoms with Gasteiger partial charge in [-0.1, -0.05) is 15.9 Å². The number of hydrogen-bond acceptors (Lipinski definition) is 4. The number of nitrogens with two attached hydrogens (primary N) is 1. The molecule has 0 saturated carbocycles. The van der Waals surface area contributed by atoms with Crippen LogP contribution in [0.3, 0.4) is 0 Å². The fourth-order valence-electron chi connectivity index (χ4n) is 0.779. The summed E-state index contributed by atoms with van der Waals surface area (Å²) >= 11 is 3.28. The maximum atomic E-state index is 10.5. The van der Waals surface area contributed by atoms with Crippen LogP contribution in [0.1, 0.15) is 6.92 Å². The molecule has 5 heteroatoms. The Morgan fingerprint density at radius 3 is 2.46 bits per heavy atom. The average molecular weight is 245 g/mol. The Morgan fingerprint density at radius 1 is 1.46 bits per heavy atom. The number of hydrazine groups is 1. The third-order valence-electron chi connectivity index (χ3n) is 1.31. The molecule has 0 saturated heterocycles. The van der Waals surface area contributed by atoms with Gasteiger partial charge in [0.05, 0.1) is 5.69 Å². The Bertz CT molecular complexity index is 300. The molecule has 2 N–H and O–H groups in total. The van der Waals surface area contributed by atoms with Gasteiger partial charge in [-0.2, -0.15) is 0 Å². The zero-order valence-electron chi connectivity index (χ0n) is 7.03. The second-order valence-electron chi connectivity index (χ2n) is 2.39. The molecule has 0 amide bonds. The van der Waals surface area contributed by atoms with Crippen LogP contribution >= 0.6 is 15.9 Å². The first-order valence-electron chi connectivity index (χ1n) is 3.58. The molecule has 0 aliphatic carbocycles. The molecule has 0 heterocycles. The van der Waals surface area contributed by atoms with Crippen molar-refractivity contribution in [3.8, 4) is 0 Å². The summed E-state index contributed by atoms with van der Waals surface area (Å²) in [6, 6.07) is 7.07. The zero-order valence-corrected chi connectivity index (χ0v) is 8.61. The quantitative estimate of drug-likeness (QED) is 0.635. The Labute approximate surface area is 84.3 Å². The highest BCUT2D eigenvalue weighted by Gasteiger charge is 2.03. The molecule has 0 aromatic heterocycles. The molecule has 0 aliphatic rings. The maximum Gasteiger partial charge on any atom is 0.331 e. The van der Waals surface area contributed by atoms with E-state index < -0.39 is 5.97 Å². The third kappa shape index (κ3) is 3.04. The summed E-state index contributed by atoms with van der Waals surface area (Å²) in [4.78, 5) is 15.2. The van der Waals surface area contributed by atoms with Crippen LogP contribution in [-0.4, -0.2) is 5.97 Å². The summed E-state index contributed by atoms with van der Waals surface area (Å²) in [6.45, 7) is 1.29. The fourth-order valence-corrected chi connectivity index (χ4v) is 1.04. The van der Waals surface area contributed by atoms with Gasteiger partial charge in [0.1, 0.15) is 0 Å². The predicted molar refractivity (Wildman–Crippen MR) is 52.6 cm³/mol. The lowest BCUT2D eigenvalue weighted by atomic mass is 10.3. The predicted octanol–water partition coefficient (Wildman–Crippen LogP) is 1.61. The van der Waals surface area contributed by atoms with Gasteiger partial charge in [-0.3, -0.25) is 0 Å². The molecule has 0 aliphatic heterocycles. The molecule has 0 fully saturated rings. The Kier molecular flexibility index (Phi) is 3.27. The normalized spacial score (nSPS) is 9.46. The standard InChI is InChI=1S/C8H9BrN2O2/c1-6(12)13-11(10)8-4-2-7(9)3-5-8/h2-5H,10H2,1H3. The van der Waals surface area contributed by atoms with Gasteiger partial charge < -0.3 is 4.84 Å². The minimum absolute atomic E-state index is 0.453. The highest BCUT2D eigenvalue weighted by Crippen LogP contribution is 2.16. The molecule has 0 spiro atoms. The highest BCUT2D eigenvalue weighted by molar-refractivity contribution is 9.10. The molecule has 1 rings (SSSR count). The van der Waals surface area contributed by atoms with Gasteiger partial charge in [0.25, 0.3) is 0 Å². The average Bonchev–Trinajstić information content (AvgIpc) is 2.04. The molecular weight excluding hydrogens is 236 g/mol. The van der Waals surface area contributed by atoms with E-state index in [1.54, 1.807) is 24.3 Å². The first-order chi connectivity index (χ1) is 6.09. The van der Waals surface area contributed by atoms with E-state index in [9.17, 15) is 4.79 Å². The maximum absolute atomic E-state index is 10.5. The zero-order chi connectivity index (χ0) is 9.84. The lowest BCUT2D eigenvalue weighted by molar-refractivity contribution is -0.142. The van der Waals surface area contributed by atoms with E-state index in [4.69, 9.17) is 5.84 Å². The van der Waals surface area contributed by atoms with Crippen LogP contribution in [0.2, 0.25) is 0 Å². The fraction of sp³-hybridized carbons (Fsp3) is 0.125. The SMILES string of the molecule is CC(=O)ON(N)c1ccc(Br)cc1. The summed E-state index contributed by atoms with van der Waals surface area (Å²) < 4.78 is 0.937. The van der Waals surface area contributed by atoms with Crippen molar-refractivity contribution >= 4 is 27.6 Å². The van der Waals surface area contributed by atoms with E-state index in [0.29, 0.717) is 5.69 Å². The Hall–Kier alpha value is -1.07. The van der Waals surface area contributed by atoms with Gasteiger partial charge in [0.15, 0.2) is 0 Å². The molecule has 1 aromatic rings. The van der Waals surface area contributed by atoms with E-state index in [1.807, 2.05) is 0 Å². The lowest BCUT2D eigenvalue weighted by Crippen LogP contribution is -2.32. The van der Waals surface area contributed by atoms with Crippen molar-refractivity contribution in [2.75, 3.05) is 5.17 Å². The number of carbonyl (C=O) groups is 1. The Morgan fingerprint density at radius 2 is 2.00 bits per heavy atom. The summed E-state index contributed by atoms with van der Waals surface area (Å²) in [6.07, 6.45) is 0. The van der Waals surface area contributed by atoms with E-state index >= 15 is 0 Å². The monoisotopic (exact) mass is 244 g/mol. The van der Waals surface area contributed by atoms with Gasteiger partial charge in [0, 0.05) is 11.4 Å². The lowest BCUT2D eigenvalue weighted by Gasteiger charge is -2.15. The molecule has 0 radical (unpaired) electrons.